The van der Waals surface area contributed by atoms with E-state index in [9.17, 15) is 18.3 Å². The van der Waals surface area contributed by atoms with E-state index in [4.69, 9.17) is 9.47 Å². The first-order valence-corrected chi connectivity index (χ1v) is 10.5. The monoisotopic (exact) mass is 399 g/mol. The highest BCUT2D eigenvalue weighted by Crippen LogP contribution is 2.31. The van der Waals surface area contributed by atoms with Gasteiger partial charge in [0.2, 0.25) is 10.0 Å². The Labute approximate surface area is 161 Å². The standard InChI is InChI=1S/C19H29NO6S/c1-19(2,3)26-18(22)17-14(13-21)7-5-6-12-20(17)27(23,24)16-10-8-15(25-4)9-11-16/h8-11,14,17,21H,5-7,12-13H2,1-4H3. The summed E-state index contributed by atoms with van der Waals surface area (Å²) in [4.78, 5) is 12.9. The molecule has 0 aliphatic carbocycles. The summed E-state index contributed by atoms with van der Waals surface area (Å²) in [6.07, 6.45) is 1.92. The number of esters is 1. The number of nitrogens with zero attached hydrogens (tertiary/aromatic N) is 1. The molecule has 2 atom stereocenters. The number of ether oxygens (including phenoxy) is 2. The lowest BCUT2D eigenvalue weighted by Gasteiger charge is -2.33. The number of aliphatic hydroxyl groups is 1. The van der Waals surface area contributed by atoms with Crippen molar-refractivity contribution in [1.29, 1.82) is 0 Å². The van der Waals surface area contributed by atoms with Crippen LogP contribution in [0, 0.1) is 5.92 Å². The summed E-state index contributed by atoms with van der Waals surface area (Å²) in [7, 11) is -2.43. The maximum absolute atomic E-state index is 13.3. The topological polar surface area (TPSA) is 93.1 Å². The number of carbonyl (C=O) groups excluding carboxylic acids is 1. The molecule has 0 aromatic heterocycles. The summed E-state index contributed by atoms with van der Waals surface area (Å²) in [6, 6.07) is 5.00. The third-order valence-electron chi connectivity index (χ3n) is 4.51. The minimum Gasteiger partial charge on any atom is -0.497 e. The van der Waals surface area contributed by atoms with Crippen molar-refractivity contribution in [2.45, 2.75) is 56.6 Å². The van der Waals surface area contributed by atoms with Crippen molar-refractivity contribution in [3.8, 4) is 5.75 Å². The zero-order chi connectivity index (χ0) is 20.2. The Morgan fingerprint density at radius 2 is 1.85 bits per heavy atom. The molecule has 0 spiro atoms. The molecule has 0 radical (unpaired) electrons. The van der Waals surface area contributed by atoms with Crippen LogP contribution in [0.3, 0.4) is 0 Å². The van der Waals surface area contributed by atoms with Crippen LogP contribution in [-0.2, 0) is 19.6 Å². The smallest absolute Gasteiger partial charge is 0.325 e. The number of methoxy groups -OCH3 is 1. The molecule has 2 rings (SSSR count). The highest BCUT2D eigenvalue weighted by Gasteiger charge is 2.43. The van der Waals surface area contributed by atoms with Gasteiger partial charge >= 0.3 is 5.97 Å². The minimum atomic E-state index is -3.94. The Hall–Kier alpha value is -1.64. The van der Waals surface area contributed by atoms with Gasteiger partial charge in [-0.15, -0.1) is 0 Å². The molecule has 1 fully saturated rings. The average Bonchev–Trinajstić information content (AvgIpc) is 2.83. The fourth-order valence-electron chi connectivity index (χ4n) is 3.22. The van der Waals surface area contributed by atoms with Crippen molar-refractivity contribution < 1.29 is 27.8 Å². The Balaban J connectivity index is 2.45. The molecular weight excluding hydrogens is 370 g/mol. The number of hydrogen-bond acceptors (Lipinski definition) is 6. The first-order chi connectivity index (χ1) is 12.6. The van der Waals surface area contributed by atoms with E-state index < -0.39 is 33.6 Å². The Morgan fingerprint density at radius 1 is 1.22 bits per heavy atom. The van der Waals surface area contributed by atoms with Gasteiger partial charge in [0.15, 0.2) is 0 Å². The molecule has 27 heavy (non-hydrogen) atoms. The van der Waals surface area contributed by atoms with Crippen molar-refractivity contribution in [3.63, 3.8) is 0 Å². The van der Waals surface area contributed by atoms with E-state index in [0.29, 0.717) is 18.6 Å². The highest BCUT2D eigenvalue weighted by molar-refractivity contribution is 7.89. The van der Waals surface area contributed by atoms with E-state index in [0.717, 1.165) is 6.42 Å². The van der Waals surface area contributed by atoms with Crippen molar-refractivity contribution in [3.05, 3.63) is 24.3 Å². The summed E-state index contributed by atoms with van der Waals surface area (Å²) in [5.74, 6) is -0.586. The molecule has 1 heterocycles. The van der Waals surface area contributed by atoms with Crippen molar-refractivity contribution in [2.75, 3.05) is 20.3 Å². The second-order valence-corrected chi connectivity index (χ2v) is 9.60. The predicted octanol–water partition coefficient (Wildman–Crippen LogP) is 2.19. The first-order valence-electron chi connectivity index (χ1n) is 9.10. The molecule has 1 saturated heterocycles. The van der Waals surface area contributed by atoms with E-state index in [2.05, 4.69) is 0 Å². The van der Waals surface area contributed by atoms with Crippen LogP contribution < -0.4 is 4.74 Å². The fourth-order valence-corrected chi connectivity index (χ4v) is 4.90. The van der Waals surface area contributed by atoms with Crippen LogP contribution in [-0.4, -0.2) is 55.7 Å². The van der Waals surface area contributed by atoms with E-state index in [-0.39, 0.29) is 18.0 Å². The molecular formula is C19H29NO6S. The van der Waals surface area contributed by atoms with Crippen molar-refractivity contribution in [1.82, 2.24) is 4.31 Å². The SMILES string of the molecule is COc1ccc(S(=O)(=O)N2CCCCC(CO)C2C(=O)OC(C)(C)C)cc1. The predicted molar refractivity (Wildman–Crippen MR) is 101 cm³/mol. The molecule has 1 aliphatic heterocycles. The average molecular weight is 400 g/mol. The molecule has 0 bridgehead atoms. The van der Waals surface area contributed by atoms with Crippen molar-refractivity contribution >= 4 is 16.0 Å². The fraction of sp³-hybridized carbons (Fsp3) is 0.632. The third kappa shape index (κ3) is 5.21. The first kappa shape index (κ1) is 21.7. The lowest BCUT2D eigenvalue weighted by molar-refractivity contribution is -0.162. The Morgan fingerprint density at radius 3 is 2.37 bits per heavy atom. The van der Waals surface area contributed by atoms with Gasteiger partial charge in [-0.3, -0.25) is 4.79 Å². The zero-order valence-electron chi connectivity index (χ0n) is 16.3. The minimum absolute atomic E-state index is 0.0791. The van der Waals surface area contributed by atoms with E-state index >= 15 is 0 Å². The molecule has 7 nitrogen and oxygen atoms in total. The van der Waals surface area contributed by atoms with Crippen LogP contribution >= 0.6 is 0 Å². The number of aliphatic hydroxyl groups excluding tert-OH is 1. The summed E-state index contributed by atoms with van der Waals surface area (Å²) in [5, 5.41) is 9.81. The normalized spacial score (nSPS) is 22.1. The van der Waals surface area contributed by atoms with E-state index in [1.165, 1.54) is 23.5 Å². The summed E-state index contributed by atoms with van der Waals surface area (Å²) >= 11 is 0. The van der Waals surface area contributed by atoms with Gasteiger partial charge in [-0.25, -0.2) is 8.42 Å². The van der Waals surface area contributed by atoms with Gasteiger partial charge in [-0.1, -0.05) is 6.42 Å². The van der Waals surface area contributed by atoms with Gasteiger partial charge in [0, 0.05) is 19.1 Å². The quantitative estimate of drug-likeness (QED) is 0.763. The zero-order valence-corrected chi connectivity index (χ0v) is 17.2. The van der Waals surface area contributed by atoms with Crippen LogP contribution in [0.25, 0.3) is 0 Å². The second kappa shape index (κ2) is 8.58. The van der Waals surface area contributed by atoms with Crippen LogP contribution in [0.15, 0.2) is 29.2 Å². The number of carbonyl (C=O) groups is 1. The van der Waals surface area contributed by atoms with Gasteiger partial charge in [0.1, 0.15) is 17.4 Å². The lowest BCUT2D eigenvalue weighted by Crippen LogP contribution is -2.51. The Bertz CT molecular complexity index is 738. The molecule has 152 valence electrons. The van der Waals surface area contributed by atoms with Crippen LogP contribution in [0.4, 0.5) is 0 Å². The van der Waals surface area contributed by atoms with Crippen LogP contribution in [0.5, 0.6) is 5.75 Å². The van der Waals surface area contributed by atoms with Gasteiger partial charge < -0.3 is 14.6 Å². The van der Waals surface area contributed by atoms with Crippen molar-refractivity contribution in [2.24, 2.45) is 5.92 Å². The summed E-state index contributed by atoms with van der Waals surface area (Å²) in [6.45, 7) is 5.13. The molecule has 2 unspecified atom stereocenters. The number of benzene rings is 1. The maximum atomic E-state index is 13.3. The number of rotatable bonds is 5. The molecule has 1 aromatic rings. The maximum Gasteiger partial charge on any atom is 0.325 e. The molecule has 1 aliphatic rings. The summed E-state index contributed by atoms with van der Waals surface area (Å²) in [5.41, 5.74) is -0.751. The number of sulfonamides is 1. The van der Waals surface area contributed by atoms with E-state index in [1.807, 2.05) is 0 Å². The Kier molecular flexibility index (Phi) is 6.88. The van der Waals surface area contributed by atoms with Crippen LogP contribution in [0.1, 0.15) is 40.0 Å². The molecule has 0 amide bonds. The largest absolute Gasteiger partial charge is 0.497 e. The lowest BCUT2D eigenvalue weighted by atomic mass is 9.96. The van der Waals surface area contributed by atoms with Gasteiger partial charge in [0.25, 0.3) is 0 Å². The molecule has 1 N–H and O–H groups in total. The van der Waals surface area contributed by atoms with Gasteiger partial charge in [0.05, 0.1) is 12.0 Å². The summed E-state index contributed by atoms with van der Waals surface area (Å²) < 4.78 is 38.3. The second-order valence-electron chi connectivity index (χ2n) is 7.71. The third-order valence-corrected chi connectivity index (χ3v) is 6.40. The number of hydrogen-bond donors (Lipinski definition) is 1. The van der Waals surface area contributed by atoms with Gasteiger partial charge in [-0.05, 0) is 57.9 Å². The molecule has 8 heteroatoms. The molecule has 1 aromatic carbocycles. The van der Waals surface area contributed by atoms with Gasteiger partial charge in [-0.2, -0.15) is 4.31 Å². The van der Waals surface area contributed by atoms with E-state index in [1.54, 1.807) is 32.9 Å². The van der Waals surface area contributed by atoms with Crippen LogP contribution in [0.2, 0.25) is 0 Å². The molecule has 0 saturated carbocycles. The highest BCUT2D eigenvalue weighted by atomic mass is 32.2.